The fraction of sp³-hybridized carbons (Fsp3) is 0.727. The van der Waals surface area contributed by atoms with Crippen LogP contribution in [0, 0.1) is 10.1 Å². The van der Waals surface area contributed by atoms with Crippen molar-refractivity contribution >= 4 is 11.5 Å². The van der Waals surface area contributed by atoms with Crippen molar-refractivity contribution in [2.24, 2.45) is 0 Å². The molecular formula is C11H17N5O2. The predicted molar refractivity (Wildman–Crippen MR) is 66.1 cm³/mol. The normalized spacial score (nSPS) is 31.7. The van der Waals surface area contributed by atoms with Gasteiger partial charge in [0.2, 0.25) is 5.82 Å². The summed E-state index contributed by atoms with van der Waals surface area (Å²) in [4.78, 5) is 12.7. The second kappa shape index (κ2) is 3.94. The lowest BCUT2D eigenvalue weighted by Gasteiger charge is -2.36. The number of nitro groups is 1. The van der Waals surface area contributed by atoms with Crippen molar-refractivity contribution in [1.82, 2.24) is 14.7 Å². The van der Waals surface area contributed by atoms with E-state index in [9.17, 15) is 10.1 Å². The Morgan fingerprint density at radius 1 is 1.39 bits per heavy atom. The van der Waals surface area contributed by atoms with E-state index in [-0.39, 0.29) is 17.5 Å². The van der Waals surface area contributed by atoms with Crippen molar-refractivity contribution in [3.05, 3.63) is 16.3 Å². The van der Waals surface area contributed by atoms with Crippen LogP contribution in [0.4, 0.5) is 11.5 Å². The first kappa shape index (κ1) is 11.5. The highest BCUT2D eigenvalue weighted by Crippen LogP contribution is 2.41. The maximum absolute atomic E-state index is 10.8. The highest BCUT2D eigenvalue weighted by Gasteiger charge is 2.40. The van der Waals surface area contributed by atoms with Gasteiger partial charge in [0.1, 0.15) is 6.20 Å². The number of piperidine rings is 1. The zero-order valence-electron chi connectivity index (χ0n) is 10.3. The van der Waals surface area contributed by atoms with Crippen LogP contribution in [0.2, 0.25) is 0 Å². The van der Waals surface area contributed by atoms with E-state index in [0.29, 0.717) is 12.1 Å². The molecule has 0 amide bonds. The number of fused-ring (bicyclic) bond motifs is 2. The average molecular weight is 251 g/mol. The third-order valence-corrected chi connectivity index (χ3v) is 4.43. The van der Waals surface area contributed by atoms with Crippen LogP contribution in [0.3, 0.4) is 0 Å². The van der Waals surface area contributed by atoms with Gasteiger partial charge in [-0.05, 0) is 32.7 Å². The minimum atomic E-state index is -0.470. The Morgan fingerprint density at radius 3 is 2.50 bits per heavy atom. The van der Waals surface area contributed by atoms with Crippen molar-refractivity contribution in [2.45, 2.75) is 43.8 Å². The quantitative estimate of drug-likeness (QED) is 0.629. The molecule has 18 heavy (non-hydrogen) atoms. The van der Waals surface area contributed by atoms with E-state index >= 15 is 0 Å². The second-order valence-corrected chi connectivity index (χ2v) is 5.29. The molecule has 0 radical (unpaired) electrons. The molecule has 7 nitrogen and oxygen atoms in total. The van der Waals surface area contributed by atoms with Crippen LogP contribution in [-0.2, 0) is 0 Å². The molecule has 98 valence electrons. The van der Waals surface area contributed by atoms with E-state index in [0.717, 1.165) is 12.8 Å². The molecule has 2 saturated heterocycles. The van der Waals surface area contributed by atoms with Crippen LogP contribution in [0.1, 0.15) is 31.7 Å². The monoisotopic (exact) mass is 251 g/mol. The lowest BCUT2D eigenvalue weighted by Crippen LogP contribution is -2.40. The van der Waals surface area contributed by atoms with Gasteiger partial charge >= 0.3 is 5.69 Å². The summed E-state index contributed by atoms with van der Waals surface area (Å²) in [6, 6.07) is 1.33. The van der Waals surface area contributed by atoms with E-state index in [1.54, 1.807) is 4.68 Å². The average Bonchev–Trinajstić information content (AvgIpc) is 2.77. The molecule has 2 aliphatic heterocycles. The third kappa shape index (κ3) is 1.58. The Hall–Kier alpha value is -1.63. The Kier molecular flexibility index (Phi) is 2.51. The Balaban J connectivity index is 1.86. The van der Waals surface area contributed by atoms with Gasteiger partial charge in [0.15, 0.2) is 0 Å². The molecule has 3 heterocycles. The van der Waals surface area contributed by atoms with Gasteiger partial charge in [-0.1, -0.05) is 0 Å². The summed E-state index contributed by atoms with van der Waals surface area (Å²) in [5.74, 6) is 0.189. The number of nitrogens with zero attached hydrogens (tertiary/aromatic N) is 4. The summed E-state index contributed by atoms with van der Waals surface area (Å²) in [6.07, 6.45) is 5.64. The van der Waals surface area contributed by atoms with E-state index in [1.807, 2.05) is 0 Å². The smallest absolute Gasteiger partial charge is 0.330 e. The second-order valence-electron chi connectivity index (χ2n) is 5.29. The zero-order valence-corrected chi connectivity index (χ0v) is 10.3. The Labute approximate surface area is 105 Å². The third-order valence-electron chi connectivity index (χ3n) is 4.43. The summed E-state index contributed by atoms with van der Waals surface area (Å²) in [5.41, 5.74) is 5.74. The van der Waals surface area contributed by atoms with Crippen molar-refractivity contribution < 1.29 is 4.92 Å². The lowest BCUT2D eigenvalue weighted by atomic mass is 9.98. The molecule has 2 atom stereocenters. The summed E-state index contributed by atoms with van der Waals surface area (Å²) < 4.78 is 1.65. The maximum Gasteiger partial charge on any atom is 0.330 e. The standard InChI is InChI=1S/C11H17N5O2/c1-14-7-2-3-8(14)5-9(4-7)15-11(12)10(6-13-15)16(17)18/h6-9H,2-5,12H2,1H3. The van der Waals surface area contributed by atoms with E-state index in [4.69, 9.17) is 5.73 Å². The fourth-order valence-corrected chi connectivity index (χ4v) is 3.38. The number of nitrogens with two attached hydrogens (primary N) is 1. The molecule has 0 aliphatic carbocycles. The molecule has 0 aromatic carbocycles. The van der Waals surface area contributed by atoms with Crippen molar-refractivity contribution in [3.8, 4) is 0 Å². The van der Waals surface area contributed by atoms with Gasteiger partial charge in [-0.15, -0.1) is 0 Å². The highest BCUT2D eigenvalue weighted by molar-refractivity contribution is 5.51. The van der Waals surface area contributed by atoms with Gasteiger partial charge in [-0.2, -0.15) is 5.10 Å². The van der Waals surface area contributed by atoms with Gasteiger partial charge in [-0.25, -0.2) is 4.68 Å². The van der Waals surface area contributed by atoms with Crippen LogP contribution in [0.15, 0.2) is 6.20 Å². The first-order valence-electron chi connectivity index (χ1n) is 6.27. The summed E-state index contributed by atoms with van der Waals surface area (Å²) >= 11 is 0. The van der Waals surface area contributed by atoms with Crippen LogP contribution < -0.4 is 5.73 Å². The summed E-state index contributed by atoms with van der Waals surface area (Å²) in [5, 5.41) is 14.9. The molecular weight excluding hydrogens is 234 g/mol. The topological polar surface area (TPSA) is 90.2 Å². The van der Waals surface area contributed by atoms with Crippen LogP contribution in [0.25, 0.3) is 0 Å². The molecule has 1 aromatic heterocycles. The van der Waals surface area contributed by atoms with E-state index in [2.05, 4.69) is 17.0 Å². The largest absolute Gasteiger partial charge is 0.378 e. The molecule has 0 saturated carbocycles. The minimum absolute atomic E-state index is 0.0822. The maximum atomic E-state index is 10.8. The summed E-state index contributed by atoms with van der Waals surface area (Å²) in [7, 11) is 2.16. The predicted octanol–water partition coefficient (Wildman–Crippen LogP) is 1.17. The SMILES string of the molecule is CN1C2CCC1CC(n1ncc([N+](=O)[O-])c1N)C2. The first-order valence-corrected chi connectivity index (χ1v) is 6.27. The molecule has 0 spiro atoms. The van der Waals surface area contributed by atoms with Crippen molar-refractivity contribution in [3.63, 3.8) is 0 Å². The number of hydrogen-bond acceptors (Lipinski definition) is 5. The van der Waals surface area contributed by atoms with Crippen molar-refractivity contribution in [1.29, 1.82) is 0 Å². The number of anilines is 1. The van der Waals surface area contributed by atoms with Gasteiger partial charge < -0.3 is 10.6 Å². The molecule has 2 bridgehead atoms. The van der Waals surface area contributed by atoms with E-state index in [1.165, 1.54) is 19.0 Å². The molecule has 2 N–H and O–H groups in total. The van der Waals surface area contributed by atoms with E-state index < -0.39 is 4.92 Å². The van der Waals surface area contributed by atoms with Gasteiger partial charge in [0.25, 0.3) is 0 Å². The lowest BCUT2D eigenvalue weighted by molar-refractivity contribution is -0.384. The summed E-state index contributed by atoms with van der Waals surface area (Å²) in [6.45, 7) is 0. The molecule has 1 aromatic rings. The van der Waals surface area contributed by atoms with Crippen LogP contribution >= 0.6 is 0 Å². The first-order chi connectivity index (χ1) is 8.58. The number of aromatic nitrogens is 2. The fourth-order valence-electron chi connectivity index (χ4n) is 3.38. The highest BCUT2D eigenvalue weighted by atomic mass is 16.6. The number of hydrogen-bond donors (Lipinski definition) is 1. The minimum Gasteiger partial charge on any atom is -0.378 e. The van der Waals surface area contributed by atoms with Crippen LogP contribution in [-0.4, -0.2) is 38.7 Å². The van der Waals surface area contributed by atoms with Gasteiger partial charge in [-0.3, -0.25) is 10.1 Å². The molecule has 3 rings (SSSR count). The molecule has 2 fully saturated rings. The molecule has 2 unspecified atom stereocenters. The number of nitrogen functional groups attached to an aromatic ring is 1. The van der Waals surface area contributed by atoms with Crippen molar-refractivity contribution in [2.75, 3.05) is 12.8 Å². The van der Waals surface area contributed by atoms with Crippen LogP contribution in [0.5, 0.6) is 0 Å². The Bertz CT molecular complexity index is 472. The molecule has 7 heteroatoms. The van der Waals surface area contributed by atoms with Gasteiger partial charge in [0.05, 0.1) is 11.0 Å². The Morgan fingerprint density at radius 2 is 2.00 bits per heavy atom. The number of rotatable bonds is 2. The zero-order chi connectivity index (χ0) is 12.9. The van der Waals surface area contributed by atoms with Gasteiger partial charge in [0, 0.05) is 12.1 Å². The molecule has 2 aliphatic rings.